The SMILES string of the molecule is Cc1ccc(CNCC2CCCCN2c2ccc(=O)n(C3CCCC3O)n2)o1. The summed E-state index contributed by atoms with van der Waals surface area (Å²) in [6.45, 7) is 4.44. The minimum atomic E-state index is -0.476. The highest BCUT2D eigenvalue weighted by Gasteiger charge is 2.30. The van der Waals surface area contributed by atoms with Gasteiger partial charge in [-0.15, -0.1) is 0 Å². The van der Waals surface area contributed by atoms with Crippen molar-refractivity contribution in [1.29, 1.82) is 0 Å². The maximum Gasteiger partial charge on any atom is 0.267 e. The lowest BCUT2D eigenvalue weighted by Gasteiger charge is -2.37. The van der Waals surface area contributed by atoms with E-state index in [4.69, 9.17) is 4.42 Å². The summed E-state index contributed by atoms with van der Waals surface area (Å²) < 4.78 is 7.14. The molecule has 2 aromatic heterocycles. The number of nitrogens with zero attached hydrogens (tertiary/aromatic N) is 3. The van der Waals surface area contributed by atoms with E-state index in [1.165, 1.54) is 11.1 Å². The van der Waals surface area contributed by atoms with Crippen molar-refractivity contribution >= 4 is 5.82 Å². The Labute approximate surface area is 165 Å². The standard InChI is InChI=1S/C21H30N4O3/c1-15-8-9-17(28-15)14-22-13-16-5-2-3-12-24(16)20-10-11-21(27)25(23-20)18-6-4-7-19(18)26/h8-11,16,18-19,22,26H,2-7,12-14H2,1H3. The minimum absolute atomic E-state index is 0.130. The highest BCUT2D eigenvalue weighted by Crippen LogP contribution is 2.29. The molecule has 3 heterocycles. The van der Waals surface area contributed by atoms with Gasteiger partial charge in [-0.3, -0.25) is 4.79 Å². The molecule has 2 aliphatic rings. The number of aromatic nitrogens is 2. The molecule has 2 N–H and O–H groups in total. The van der Waals surface area contributed by atoms with Gasteiger partial charge < -0.3 is 19.7 Å². The van der Waals surface area contributed by atoms with Crippen molar-refractivity contribution in [3.63, 3.8) is 0 Å². The average molecular weight is 386 g/mol. The van der Waals surface area contributed by atoms with Gasteiger partial charge in [0.2, 0.25) is 0 Å². The predicted molar refractivity (Wildman–Crippen MR) is 108 cm³/mol. The number of piperidine rings is 1. The molecule has 3 unspecified atom stereocenters. The van der Waals surface area contributed by atoms with Crippen LogP contribution in [0.1, 0.15) is 56.1 Å². The highest BCUT2D eigenvalue weighted by molar-refractivity contribution is 5.39. The molecule has 7 heteroatoms. The van der Waals surface area contributed by atoms with Crippen LogP contribution < -0.4 is 15.8 Å². The van der Waals surface area contributed by atoms with Crippen LogP contribution in [0.2, 0.25) is 0 Å². The minimum Gasteiger partial charge on any atom is -0.465 e. The first kappa shape index (κ1) is 19.2. The topological polar surface area (TPSA) is 83.5 Å². The molecule has 1 aliphatic carbocycles. The molecule has 0 aromatic carbocycles. The van der Waals surface area contributed by atoms with Gasteiger partial charge in [0, 0.05) is 25.2 Å². The number of hydrogen-bond donors (Lipinski definition) is 2. The van der Waals surface area contributed by atoms with Gasteiger partial charge in [-0.1, -0.05) is 0 Å². The lowest BCUT2D eigenvalue weighted by molar-refractivity contribution is 0.127. The van der Waals surface area contributed by atoms with Crippen LogP contribution in [-0.4, -0.2) is 40.1 Å². The zero-order chi connectivity index (χ0) is 19.5. The van der Waals surface area contributed by atoms with E-state index in [9.17, 15) is 9.90 Å². The molecule has 2 fully saturated rings. The van der Waals surface area contributed by atoms with E-state index in [0.717, 1.165) is 62.5 Å². The van der Waals surface area contributed by atoms with Crippen LogP contribution in [0.15, 0.2) is 33.5 Å². The normalized spacial score (nSPS) is 25.4. The highest BCUT2D eigenvalue weighted by atomic mass is 16.3. The Morgan fingerprint density at radius 3 is 2.82 bits per heavy atom. The van der Waals surface area contributed by atoms with Crippen molar-refractivity contribution in [2.45, 2.75) is 70.2 Å². The number of anilines is 1. The lowest BCUT2D eigenvalue weighted by atomic mass is 10.0. The molecule has 28 heavy (non-hydrogen) atoms. The van der Waals surface area contributed by atoms with Crippen molar-refractivity contribution in [2.75, 3.05) is 18.0 Å². The Kier molecular flexibility index (Phi) is 5.82. The molecule has 0 radical (unpaired) electrons. The van der Waals surface area contributed by atoms with Crippen LogP contribution in [0.5, 0.6) is 0 Å². The van der Waals surface area contributed by atoms with Gasteiger partial charge in [-0.25, -0.2) is 4.68 Å². The van der Waals surface area contributed by atoms with E-state index in [1.807, 2.05) is 25.1 Å². The maximum absolute atomic E-state index is 12.3. The second-order valence-corrected chi connectivity index (χ2v) is 8.03. The van der Waals surface area contributed by atoms with Crippen molar-refractivity contribution in [1.82, 2.24) is 15.1 Å². The Morgan fingerprint density at radius 1 is 1.18 bits per heavy atom. The third-order valence-corrected chi connectivity index (χ3v) is 5.97. The first-order valence-corrected chi connectivity index (χ1v) is 10.4. The zero-order valence-electron chi connectivity index (χ0n) is 16.5. The second kappa shape index (κ2) is 8.49. The first-order valence-electron chi connectivity index (χ1n) is 10.4. The molecule has 0 amide bonds. The van der Waals surface area contributed by atoms with Crippen LogP contribution in [0, 0.1) is 6.92 Å². The summed E-state index contributed by atoms with van der Waals surface area (Å²) in [6, 6.07) is 7.54. The molecule has 1 aliphatic heterocycles. The molecule has 1 saturated carbocycles. The zero-order valence-corrected chi connectivity index (χ0v) is 16.5. The fraction of sp³-hybridized carbons (Fsp3) is 0.619. The largest absolute Gasteiger partial charge is 0.465 e. The fourth-order valence-corrected chi connectivity index (χ4v) is 4.47. The summed E-state index contributed by atoms with van der Waals surface area (Å²) in [5.74, 6) is 2.71. The molecule has 4 rings (SSSR count). The van der Waals surface area contributed by atoms with E-state index < -0.39 is 6.10 Å². The van der Waals surface area contributed by atoms with E-state index in [0.29, 0.717) is 12.6 Å². The van der Waals surface area contributed by atoms with Crippen LogP contribution in [-0.2, 0) is 6.54 Å². The molecule has 7 nitrogen and oxygen atoms in total. The number of aryl methyl sites for hydroxylation is 1. The number of hydrogen-bond acceptors (Lipinski definition) is 6. The van der Waals surface area contributed by atoms with Gasteiger partial charge in [0.1, 0.15) is 17.3 Å². The molecular formula is C21H30N4O3. The number of aliphatic hydroxyl groups excluding tert-OH is 1. The predicted octanol–water partition coefficient (Wildman–Crippen LogP) is 2.38. The summed E-state index contributed by atoms with van der Waals surface area (Å²) in [7, 11) is 0. The van der Waals surface area contributed by atoms with Gasteiger partial charge in [0.05, 0.1) is 18.7 Å². The van der Waals surface area contributed by atoms with Crippen molar-refractivity contribution < 1.29 is 9.52 Å². The first-order chi connectivity index (χ1) is 13.6. The second-order valence-electron chi connectivity index (χ2n) is 8.03. The van der Waals surface area contributed by atoms with Crippen LogP contribution >= 0.6 is 0 Å². The molecular weight excluding hydrogens is 356 g/mol. The summed E-state index contributed by atoms with van der Waals surface area (Å²) >= 11 is 0. The third kappa shape index (κ3) is 4.15. The Morgan fingerprint density at radius 2 is 2.07 bits per heavy atom. The summed E-state index contributed by atoms with van der Waals surface area (Å²) in [6.07, 6.45) is 5.43. The summed E-state index contributed by atoms with van der Waals surface area (Å²) in [4.78, 5) is 14.7. The summed E-state index contributed by atoms with van der Waals surface area (Å²) in [5, 5.41) is 18.4. The van der Waals surface area contributed by atoms with E-state index in [-0.39, 0.29) is 11.6 Å². The van der Waals surface area contributed by atoms with Crippen LogP contribution in [0.4, 0.5) is 5.82 Å². The summed E-state index contributed by atoms with van der Waals surface area (Å²) in [5.41, 5.74) is -0.130. The fourth-order valence-electron chi connectivity index (χ4n) is 4.47. The number of rotatable bonds is 6. The van der Waals surface area contributed by atoms with E-state index in [1.54, 1.807) is 6.07 Å². The lowest BCUT2D eigenvalue weighted by Crippen LogP contribution is -2.46. The Hall–Kier alpha value is -2.12. The van der Waals surface area contributed by atoms with E-state index >= 15 is 0 Å². The Balaban J connectivity index is 1.47. The molecule has 1 saturated heterocycles. The van der Waals surface area contributed by atoms with E-state index in [2.05, 4.69) is 15.3 Å². The molecule has 0 bridgehead atoms. The molecule has 3 atom stereocenters. The number of furan rings is 1. The number of nitrogens with one attached hydrogen (secondary N) is 1. The molecule has 152 valence electrons. The third-order valence-electron chi connectivity index (χ3n) is 5.97. The molecule has 2 aromatic rings. The monoisotopic (exact) mass is 386 g/mol. The van der Waals surface area contributed by atoms with Gasteiger partial charge >= 0.3 is 0 Å². The number of aliphatic hydroxyl groups is 1. The van der Waals surface area contributed by atoms with Crippen molar-refractivity contribution in [3.8, 4) is 0 Å². The molecule has 0 spiro atoms. The van der Waals surface area contributed by atoms with Gasteiger partial charge in [-0.2, -0.15) is 5.10 Å². The smallest absolute Gasteiger partial charge is 0.267 e. The van der Waals surface area contributed by atoms with Crippen molar-refractivity contribution in [3.05, 3.63) is 46.1 Å². The quantitative estimate of drug-likeness (QED) is 0.793. The van der Waals surface area contributed by atoms with Gasteiger partial charge in [-0.05, 0) is 63.6 Å². The maximum atomic E-state index is 12.3. The van der Waals surface area contributed by atoms with Crippen LogP contribution in [0.25, 0.3) is 0 Å². The Bertz CT molecular complexity index is 846. The van der Waals surface area contributed by atoms with Crippen LogP contribution in [0.3, 0.4) is 0 Å². The van der Waals surface area contributed by atoms with Gasteiger partial charge in [0.15, 0.2) is 0 Å². The average Bonchev–Trinajstić information content (AvgIpc) is 3.31. The van der Waals surface area contributed by atoms with Crippen molar-refractivity contribution in [2.24, 2.45) is 0 Å². The van der Waals surface area contributed by atoms with Gasteiger partial charge in [0.25, 0.3) is 5.56 Å².